The Morgan fingerprint density at radius 3 is 2.31 bits per heavy atom. The van der Waals surface area contributed by atoms with Gasteiger partial charge in [-0.1, -0.05) is 12.1 Å². The Morgan fingerprint density at radius 2 is 1.69 bits per heavy atom. The van der Waals surface area contributed by atoms with E-state index in [2.05, 4.69) is 86.5 Å². The first-order valence-electron chi connectivity index (χ1n) is 9.30. The molecule has 2 aromatic rings. The minimum Gasteiger partial charge on any atom is -0.482 e. The van der Waals surface area contributed by atoms with E-state index in [0.717, 1.165) is 35.1 Å². The van der Waals surface area contributed by atoms with Crippen LogP contribution in [0.3, 0.4) is 0 Å². The molecule has 1 amide bonds. The van der Waals surface area contributed by atoms with Crippen LogP contribution in [0, 0.1) is 16.5 Å². The van der Waals surface area contributed by atoms with Crippen molar-refractivity contribution in [2.75, 3.05) is 19.7 Å². The maximum absolute atomic E-state index is 13.1. The normalized spacial score (nSPS) is 20.0. The Hall–Kier alpha value is -0.210. The largest absolute Gasteiger partial charge is 0.482 e. The standard InChI is InChI=1S/C21H22FI3N2O2/c1-13-10-27(14(2)9-26(13)11-15-3-5-16(22)6-4-15)20(28)12-29-21-18(24)7-17(23)8-19(21)25/h3-8,13-14H,9-12H2,1-2H3. The lowest BCUT2D eigenvalue weighted by atomic mass is 10.1. The van der Waals surface area contributed by atoms with E-state index in [4.69, 9.17) is 4.74 Å². The molecular formula is C21H22FI3N2O2. The minimum absolute atomic E-state index is 0.0101. The highest BCUT2D eigenvalue weighted by atomic mass is 127. The summed E-state index contributed by atoms with van der Waals surface area (Å²) in [6.45, 7) is 6.43. The minimum atomic E-state index is -0.219. The van der Waals surface area contributed by atoms with Gasteiger partial charge in [0.1, 0.15) is 11.6 Å². The van der Waals surface area contributed by atoms with Crippen LogP contribution in [0.15, 0.2) is 36.4 Å². The summed E-state index contributed by atoms with van der Waals surface area (Å²) < 4.78 is 22.2. The van der Waals surface area contributed by atoms with Crippen LogP contribution < -0.4 is 4.74 Å². The molecule has 0 spiro atoms. The molecule has 0 radical (unpaired) electrons. The SMILES string of the molecule is CC1CN(C(=O)COc2c(I)cc(I)cc2I)C(C)CN1Cc1ccc(F)cc1. The van der Waals surface area contributed by atoms with Crippen molar-refractivity contribution in [2.24, 2.45) is 0 Å². The van der Waals surface area contributed by atoms with Gasteiger partial charge in [0, 0.05) is 35.3 Å². The lowest BCUT2D eigenvalue weighted by Crippen LogP contribution is -2.58. The zero-order chi connectivity index (χ0) is 21.1. The van der Waals surface area contributed by atoms with Gasteiger partial charge in [0.25, 0.3) is 5.91 Å². The number of benzene rings is 2. The topological polar surface area (TPSA) is 32.8 Å². The van der Waals surface area contributed by atoms with E-state index in [9.17, 15) is 9.18 Å². The van der Waals surface area contributed by atoms with Crippen LogP contribution in [0.4, 0.5) is 4.39 Å². The van der Waals surface area contributed by atoms with Gasteiger partial charge in [-0.25, -0.2) is 4.39 Å². The Kier molecular flexibility index (Phi) is 8.41. The van der Waals surface area contributed by atoms with Crippen LogP contribution in [0.2, 0.25) is 0 Å². The first-order valence-corrected chi connectivity index (χ1v) is 12.5. The number of rotatable bonds is 5. The van der Waals surface area contributed by atoms with E-state index in [-0.39, 0.29) is 30.4 Å². The lowest BCUT2D eigenvalue weighted by Gasteiger charge is -2.44. The van der Waals surface area contributed by atoms with Gasteiger partial charge in [0.05, 0.1) is 7.14 Å². The van der Waals surface area contributed by atoms with Gasteiger partial charge in [0.15, 0.2) is 6.61 Å². The van der Waals surface area contributed by atoms with Gasteiger partial charge < -0.3 is 9.64 Å². The average Bonchev–Trinajstić information content (AvgIpc) is 2.65. The number of carbonyl (C=O) groups is 1. The number of nitrogens with zero attached hydrogens (tertiary/aromatic N) is 2. The first-order chi connectivity index (χ1) is 13.7. The maximum Gasteiger partial charge on any atom is 0.260 e. The second-order valence-corrected chi connectivity index (χ2v) is 10.9. The Labute approximate surface area is 212 Å². The molecule has 1 fully saturated rings. The molecule has 2 unspecified atom stereocenters. The molecular weight excluding hydrogens is 712 g/mol. The molecule has 29 heavy (non-hydrogen) atoms. The highest BCUT2D eigenvalue weighted by Crippen LogP contribution is 2.29. The van der Waals surface area contributed by atoms with Crippen LogP contribution >= 0.6 is 67.8 Å². The predicted octanol–water partition coefficient (Wildman–Crippen LogP) is 5.14. The summed E-state index contributed by atoms with van der Waals surface area (Å²) in [6.07, 6.45) is 0. The van der Waals surface area contributed by atoms with E-state index in [1.807, 2.05) is 29.2 Å². The molecule has 4 nitrogen and oxygen atoms in total. The highest BCUT2D eigenvalue weighted by Gasteiger charge is 2.32. The van der Waals surface area contributed by atoms with Gasteiger partial charge in [0.2, 0.25) is 0 Å². The molecule has 3 rings (SSSR count). The van der Waals surface area contributed by atoms with Gasteiger partial charge in [-0.2, -0.15) is 0 Å². The number of hydrogen-bond acceptors (Lipinski definition) is 3. The Balaban J connectivity index is 1.59. The second kappa shape index (κ2) is 10.4. The monoisotopic (exact) mass is 734 g/mol. The van der Waals surface area contributed by atoms with Crippen molar-refractivity contribution in [2.45, 2.75) is 32.5 Å². The molecule has 1 aliphatic heterocycles. The number of hydrogen-bond donors (Lipinski definition) is 0. The zero-order valence-corrected chi connectivity index (χ0v) is 22.6. The molecule has 1 aliphatic rings. The van der Waals surface area contributed by atoms with Crippen molar-refractivity contribution < 1.29 is 13.9 Å². The van der Waals surface area contributed by atoms with Gasteiger partial charge in [-0.3, -0.25) is 9.69 Å². The van der Waals surface area contributed by atoms with Crippen molar-refractivity contribution >= 4 is 73.7 Å². The molecule has 0 saturated carbocycles. The molecule has 0 bridgehead atoms. The molecule has 0 aromatic heterocycles. The van der Waals surface area contributed by atoms with Crippen LogP contribution in [0.5, 0.6) is 5.75 Å². The van der Waals surface area contributed by atoms with E-state index >= 15 is 0 Å². The van der Waals surface area contributed by atoms with Crippen molar-refractivity contribution in [3.63, 3.8) is 0 Å². The van der Waals surface area contributed by atoms with E-state index < -0.39 is 0 Å². The quantitative estimate of drug-likeness (QED) is 0.400. The number of amides is 1. The summed E-state index contributed by atoms with van der Waals surface area (Å²) in [7, 11) is 0. The van der Waals surface area contributed by atoms with Gasteiger partial charge >= 0.3 is 0 Å². The molecule has 0 aliphatic carbocycles. The van der Waals surface area contributed by atoms with Crippen LogP contribution in [0.25, 0.3) is 0 Å². The third-order valence-corrected chi connectivity index (χ3v) is 7.26. The summed E-state index contributed by atoms with van der Waals surface area (Å²) in [5, 5.41) is 0. The summed E-state index contributed by atoms with van der Waals surface area (Å²) in [4.78, 5) is 17.1. The molecule has 2 atom stereocenters. The smallest absolute Gasteiger partial charge is 0.260 e. The maximum atomic E-state index is 13.1. The summed E-state index contributed by atoms with van der Waals surface area (Å²) in [6, 6.07) is 11.0. The lowest BCUT2D eigenvalue weighted by molar-refractivity contribution is -0.139. The van der Waals surface area contributed by atoms with Crippen LogP contribution in [0.1, 0.15) is 19.4 Å². The third-order valence-electron chi connectivity index (χ3n) is 5.04. The summed E-state index contributed by atoms with van der Waals surface area (Å²) in [5.41, 5.74) is 1.08. The fourth-order valence-electron chi connectivity index (χ4n) is 3.47. The average molecular weight is 734 g/mol. The van der Waals surface area contributed by atoms with Gasteiger partial charge in [-0.15, -0.1) is 0 Å². The molecule has 0 N–H and O–H groups in total. The number of halogens is 4. The fraction of sp³-hybridized carbons (Fsp3) is 0.381. The first kappa shape index (κ1) is 23.5. The Bertz CT molecular complexity index is 856. The van der Waals surface area contributed by atoms with Crippen molar-refractivity contribution in [3.8, 4) is 5.75 Å². The molecule has 1 heterocycles. The van der Waals surface area contributed by atoms with Crippen molar-refractivity contribution in [3.05, 3.63) is 58.5 Å². The van der Waals surface area contributed by atoms with Crippen molar-refractivity contribution in [1.82, 2.24) is 9.80 Å². The van der Waals surface area contributed by atoms with Crippen molar-refractivity contribution in [1.29, 1.82) is 0 Å². The number of carbonyl (C=O) groups excluding carboxylic acids is 1. The zero-order valence-electron chi connectivity index (χ0n) is 16.2. The Morgan fingerprint density at radius 1 is 1.07 bits per heavy atom. The summed E-state index contributed by atoms with van der Waals surface area (Å²) >= 11 is 6.77. The molecule has 8 heteroatoms. The second-order valence-electron chi connectivity index (χ2n) is 7.29. The van der Waals surface area contributed by atoms with Crippen LogP contribution in [-0.4, -0.2) is 47.5 Å². The summed E-state index contributed by atoms with van der Waals surface area (Å²) in [5.74, 6) is 0.564. The molecule has 2 aromatic carbocycles. The van der Waals surface area contributed by atoms with Crippen LogP contribution in [-0.2, 0) is 11.3 Å². The van der Waals surface area contributed by atoms with E-state index in [1.165, 1.54) is 12.1 Å². The highest BCUT2D eigenvalue weighted by molar-refractivity contribution is 14.1. The van der Waals surface area contributed by atoms with Gasteiger partial charge in [-0.05, 0) is 111 Å². The fourth-order valence-corrected chi connectivity index (χ4v) is 7.37. The predicted molar refractivity (Wildman–Crippen MR) is 138 cm³/mol. The third kappa shape index (κ3) is 6.16. The van der Waals surface area contributed by atoms with E-state index in [0.29, 0.717) is 6.54 Å². The number of ether oxygens (including phenoxy) is 1. The van der Waals surface area contributed by atoms with E-state index in [1.54, 1.807) is 0 Å². The molecule has 156 valence electrons. The molecule has 1 saturated heterocycles. The number of piperazine rings is 1.